The van der Waals surface area contributed by atoms with Crippen LogP contribution in [0.15, 0.2) is 53.0 Å². The SMILES string of the molecule is COC(=O)C(Cc1ccc(C(F)(F)F)cc1)NC(=O)C(C(C)C)n1cc(COc2ccc3nc(S(N)(=O)=O)sc3c2)nn1. The number of amides is 1. The second-order valence-corrected chi connectivity index (χ2v) is 12.6. The molecule has 2 aromatic carbocycles. The molecule has 0 aliphatic carbocycles. The normalized spacial score (nSPS) is 13.6. The Kier molecular flexibility index (Phi) is 9.36. The highest BCUT2D eigenvalue weighted by Gasteiger charge is 2.32. The number of methoxy groups -OCH3 is 1. The molecule has 4 aromatic rings. The van der Waals surface area contributed by atoms with Crippen molar-refractivity contribution in [2.45, 2.75) is 49.5 Å². The van der Waals surface area contributed by atoms with E-state index in [1.807, 2.05) is 0 Å². The van der Waals surface area contributed by atoms with E-state index in [1.54, 1.807) is 32.0 Å². The molecular formula is C26H27F3N6O6S2. The van der Waals surface area contributed by atoms with E-state index in [1.165, 1.54) is 23.0 Å². The predicted molar refractivity (Wildman–Crippen MR) is 148 cm³/mol. The number of nitrogens with two attached hydrogens (primary N) is 1. The molecule has 17 heteroatoms. The number of halogens is 3. The predicted octanol–water partition coefficient (Wildman–Crippen LogP) is 3.23. The lowest BCUT2D eigenvalue weighted by molar-refractivity contribution is -0.145. The molecule has 0 saturated heterocycles. The van der Waals surface area contributed by atoms with Crippen molar-refractivity contribution in [1.82, 2.24) is 25.3 Å². The number of hydrogen-bond acceptors (Lipinski definition) is 10. The highest BCUT2D eigenvalue weighted by molar-refractivity contribution is 7.91. The van der Waals surface area contributed by atoms with Gasteiger partial charge in [-0.05, 0) is 41.8 Å². The average Bonchev–Trinajstić information content (AvgIpc) is 3.58. The topological polar surface area (TPSA) is 168 Å². The van der Waals surface area contributed by atoms with Crippen molar-refractivity contribution in [1.29, 1.82) is 0 Å². The highest BCUT2D eigenvalue weighted by atomic mass is 32.2. The number of esters is 1. The third-order valence-electron chi connectivity index (χ3n) is 6.24. The second-order valence-electron chi connectivity index (χ2n) is 9.80. The van der Waals surface area contributed by atoms with E-state index in [0.29, 0.717) is 27.2 Å². The number of rotatable bonds is 11. The third-order valence-corrected chi connectivity index (χ3v) is 8.57. The van der Waals surface area contributed by atoms with Gasteiger partial charge in [-0.1, -0.05) is 31.2 Å². The van der Waals surface area contributed by atoms with E-state index < -0.39 is 45.7 Å². The number of ether oxygens (including phenoxy) is 2. The van der Waals surface area contributed by atoms with Crippen LogP contribution in [0, 0.1) is 5.92 Å². The van der Waals surface area contributed by atoms with E-state index in [2.05, 4.69) is 20.6 Å². The summed E-state index contributed by atoms with van der Waals surface area (Å²) in [6, 6.07) is 7.02. The monoisotopic (exact) mass is 640 g/mol. The Hall–Kier alpha value is -4.09. The number of nitrogens with one attached hydrogen (secondary N) is 1. The van der Waals surface area contributed by atoms with Crippen LogP contribution in [-0.4, -0.2) is 53.4 Å². The van der Waals surface area contributed by atoms with Crippen LogP contribution >= 0.6 is 11.3 Å². The van der Waals surface area contributed by atoms with Crippen LogP contribution in [0.4, 0.5) is 13.2 Å². The van der Waals surface area contributed by atoms with E-state index in [-0.39, 0.29) is 23.3 Å². The summed E-state index contributed by atoms with van der Waals surface area (Å²) >= 11 is 0.906. The molecule has 4 rings (SSSR count). The maximum absolute atomic E-state index is 13.3. The highest BCUT2D eigenvalue weighted by Crippen LogP contribution is 2.30. The molecule has 2 atom stereocenters. The Morgan fingerprint density at radius 1 is 1.14 bits per heavy atom. The van der Waals surface area contributed by atoms with Gasteiger partial charge in [0.2, 0.25) is 10.2 Å². The molecule has 0 aliphatic rings. The van der Waals surface area contributed by atoms with Gasteiger partial charge in [0.15, 0.2) is 0 Å². The fourth-order valence-electron chi connectivity index (χ4n) is 4.15. The molecule has 0 radical (unpaired) electrons. The fourth-order valence-corrected chi connectivity index (χ4v) is 5.84. The molecule has 2 aromatic heterocycles. The summed E-state index contributed by atoms with van der Waals surface area (Å²) in [5, 5.41) is 15.9. The Labute approximate surface area is 248 Å². The first-order valence-electron chi connectivity index (χ1n) is 12.7. The summed E-state index contributed by atoms with van der Waals surface area (Å²) < 4.78 is 74.1. The van der Waals surface area contributed by atoms with Crippen molar-refractivity contribution >= 4 is 43.5 Å². The number of fused-ring (bicyclic) bond motifs is 1. The summed E-state index contributed by atoms with van der Waals surface area (Å²) in [5.74, 6) is -1.23. The minimum Gasteiger partial charge on any atom is -0.487 e. The van der Waals surface area contributed by atoms with Gasteiger partial charge >= 0.3 is 12.1 Å². The lowest BCUT2D eigenvalue weighted by Crippen LogP contribution is -2.47. The van der Waals surface area contributed by atoms with Gasteiger partial charge in [-0.2, -0.15) is 13.2 Å². The van der Waals surface area contributed by atoms with Crippen molar-refractivity contribution in [3.05, 3.63) is 65.5 Å². The maximum Gasteiger partial charge on any atom is 0.416 e. The number of carbonyl (C=O) groups excluding carboxylic acids is 2. The molecule has 2 heterocycles. The number of carbonyl (C=O) groups is 2. The molecule has 0 bridgehead atoms. The minimum atomic E-state index is -4.50. The summed E-state index contributed by atoms with van der Waals surface area (Å²) in [5.41, 5.74) is 0.382. The van der Waals surface area contributed by atoms with Gasteiger partial charge in [-0.25, -0.2) is 28.0 Å². The van der Waals surface area contributed by atoms with Crippen LogP contribution in [0.5, 0.6) is 5.75 Å². The van der Waals surface area contributed by atoms with Crippen LogP contribution in [-0.2, 0) is 43.6 Å². The summed E-state index contributed by atoms with van der Waals surface area (Å²) in [6.45, 7) is 3.51. The molecule has 0 aliphatic heterocycles. The Bertz CT molecular complexity index is 1720. The van der Waals surface area contributed by atoms with Crippen molar-refractivity contribution in [2.75, 3.05) is 7.11 Å². The first kappa shape index (κ1) is 31.8. The number of aromatic nitrogens is 4. The minimum absolute atomic E-state index is 0.0303. The molecule has 230 valence electrons. The Morgan fingerprint density at radius 3 is 2.44 bits per heavy atom. The van der Waals surface area contributed by atoms with Crippen molar-refractivity contribution in [3.63, 3.8) is 0 Å². The zero-order valence-electron chi connectivity index (χ0n) is 23.0. The number of primary sulfonamides is 1. The Balaban J connectivity index is 1.44. The van der Waals surface area contributed by atoms with Crippen LogP contribution in [0.1, 0.15) is 36.7 Å². The van der Waals surface area contributed by atoms with Gasteiger partial charge < -0.3 is 14.8 Å². The maximum atomic E-state index is 13.3. The van der Waals surface area contributed by atoms with Crippen LogP contribution in [0.25, 0.3) is 10.2 Å². The lowest BCUT2D eigenvalue weighted by Gasteiger charge is -2.23. The zero-order chi connectivity index (χ0) is 31.5. The molecule has 43 heavy (non-hydrogen) atoms. The lowest BCUT2D eigenvalue weighted by atomic mass is 10.0. The molecule has 0 spiro atoms. The quantitative estimate of drug-likeness (QED) is 0.234. The smallest absolute Gasteiger partial charge is 0.416 e. The number of sulfonamides is 1. The number of alkyl halides is 3. The molecule has 0 saturated carbocycles. The number of hydrogen-bond donors (Lipinski definition) is 2. The van der Waals surface area contributed by atoms with E-state index in [4.69, 9.17) is 14.6 Å². The molecule has 12 nitrogen and oxygen atoms in total. The molecule has 0 fully saturated rings. The van der Waals surface area contributed by atoms with E-state index >= 15 is 0 Å². The summed E-state index contributed by atoms with van der Waals surface area (Å²) in [7, 11) is -2.80. The first-order chi connectivity index (χ1) is 20.2. The van der Waals surface area contributed by atoms with Gasteiger partial charge in [-0.15, -0.1) is 16.4 Å². The van der Waals surface area contributed by atoms with Gasteiger partial charge in [-0.3, -0.25) is 4.79 Å². The summed E-state index contributed by atoms with van der Waals surface area (Å²) in [6.07, 6.45) is -3.09. The standard InChI is InChI=1S/C26H27F3N6O6S2/c1-14(2)22(23(36)31-20(24(37)40-3)10-15-4-6-16(7-5-15)26(27,28)29)35-12-17(33-34-35)13-41-18-8-9-19-21(11-18)42-25(32-19)43(30,38)39/h4-9,11-12,14,20,22H,10,13H2,1-3H3,(H,31,36)(H2,30,38,39). The molecule has 3 N–H and O–H groups in total. The number of thiazole rings is 1. The zero-order valence-corrected chi connectivity index (χ0v) is 24.7. The van der Waals surface area contributed by atoms with Gasteiger partial charge in [0.1, 0.15) is 30.1 Å². The summed E-state index contributed by atoms with van der Waals surface area (Å²) in [4.78, 5) is 29.8. The van der Waals surface area contributed by atoms with Gasteiger partial charge in [0.25, 0.3) is 10.0 Å². The van der Waals surface area contributed by atoms with Gasteiger partial charge in [0.05, 0.1) is 29.1 Å². The van der Waals surface area contributed by atoms with E-state index in [0.717, 1.165) is 30.6 Å². The fraction of sp³-hybridized carbons (Fsp3) is 0.346. The average molecular weight is 641 g/mol. The molecule has 2 unspecified atom stereocenters. The van der Waals surface area contributed by atoms with Crippen LogP contribution < -0.4 is 15.2 Å². The number of benzene rings is 2. The van der Waals surface area contributed by atoms with Crippen molar-refractivity contribution in [2.24, 2.45) is 11.1 Å². The van der Waals surface area contributed by atoms with Crippen LogP contribution in [0.3, 0.4) is 0 Å². The van der Waals surface area contributed by atoms with Crippen molar-refractivity contribution < 1.29 is 40.7 Å². The molecule has 1 amide bonds. The third kappa shape index (κ3) is 7.85. The second kappa shape index (κ2) is 12.6. The number of nitrogens with zero attached hydrogens (tertiary/aromatic N) is 4. The first-order valence-corrected chi connectivity index (χ1v) is 15.0. The Morgan fingerprint density at radius 2 is 1.84 bits per heavy atom. The van der Waals surface area contributed by atoms with E-state index in [9.17, 15) is 31.2 Å². The van der Waals surface area contributed by atoms with Gasteiger partial charge in [0, 0.05) is 6.42 Å². The largest absolute Gasteiger partial charge is 0.487 e. The van der Waals surface area contributed by atoms with Crippen LogP contribution in [0.2, 0.25) is 0 Å². The molecular weight excluding hydrogens is 613 g/mol. The van der Waals surface area contributed by atoms with Crippen molar-refractivity contribution in [3.8, 4) is 5.75 Å².